The molecule has 2 aromatic carbocycles. The van der Waals surface area contributed by atoms with E-state index in [1.807, 2.05) is 36.4 Å². The maximum Gasteiger partial charge on any atom is 0.263 e. The summed E-state index contributed by atoms with van der Waals surface area (Å²) in [6, 6.07) is 16.4. The summed E-state index contributed by atoms with van der Waals surface area (Å²) >= 11 is 3.34. The van der Waals surface area contributed by atoms with Crippen molar-refractivity contribution in [2.45, 2.75) is 6.54 Å². The Labute approximate surface area is 147 Å². The van der Waals surface area contributed by atoms with Crippen LogP contribution >= 0.6 is 15.9 Å². The number of nitrogens with zero attached hydrogens (tertiary/aromatic N) is 1. The number of fused-ring (bicyclic) bond motifs is 1. The Bertz CT molecular complexity index is 898. The van der Waals surface area contributed by atoms with Gasteiger partial charge >= 0.3 is 0 Å². The lowest BCUT2D eigenvalue weighted by Gasteiger charge is -2.06. The zero-order valence-corrected chi connectivity index (χ0v) is 14.1. The van der Waals surface area contributed by atoms with Gasteiger partial charge in [0.1, 0.15) is 11.6 Å². The molecule has 0 aliphatic carbocycles. The van der Waals surface area contributed by atoms with Crippen LogP contribution in [0.15, 0.2) is 58.6 Å². The molecule has 0 saturated carbocycles. The van der Waals surface area contributed by atoms with Crippen molar-refractivity contribution in [1.82, 2.24) is 5.32 Å². The summed E-state index contributed by atoms with van der Waals surface area (Å²) in [5.74, 6) is -1.02. The number of nitriles is 1. The molecule has 3 rings (SSSR count). The lowest BCUT2D eigenvalue weighted by atomic mass is 10.0. The average molecular weight is 382 g/mol. The van der Waals surface area contributed by atoms with Gasteiger partial charge in [-0.2, -0.15) is 5.26 Å². The minimum absolute atomic E-state index is 0.0966. The van der Waals surface area contributed by atoms with Crippen LogP contribution in [0, 0.1) is 11.3 Å². The number of halogens is 1. The van der Waals surface area contributed by atoms with E-state index < -0.39 is 11.8 Å². The first kappa shape index (κ1) is 16.0. The van der Waals surface area contributed by atoms with E-state index in [4.69, 9.17) is 0 Å². The molecule has 5 nitrogen and oxygen atoms in total. The summed E-state index contributed by atoms with van der Waals surface area (Å²) in [5.41, 5.74) is 1.94. The quantitative estimate of drug-likeness (QED) is 0.633. The number of nitrogens with one attached hydrogen (secondary N) is 2. The number of anilines is 1. The molecule has 0 radical (unpaired) electrons. The molecule has 0 unspecified atom stereocenters. The van der Waals surface area contributed by atoms with Crippen LogP contribution in [-0.2, 0) is 16.1 Å². The molecule has 1 heterocycles. The van der Waals surface area contributed by atoms with Crippen molar-refractivity contribution in [3.8, 4) is 6.07 Å². The van der Waals surface area contributed by atoms with E-state index in [0.717, 1.165) is 10.0 Å². The number of rotatable bonds is 3. The largest absolute Gasteiger partial charge is 0.347 e. The highest BCUT2D eigenvalue weighted by Gasteiger charge is 2.30. The van der Waals surface area contributed by atoms with E-state index in [9.17, 15) is 14.9 Å². The smallest absolute Gasteiger partial charge is 0.263 e. The van der Waals surface area contributed by atoms with Gasteiger partial charge in [0.2, 0.25) is 0 Å². The first-order valence-electron chi connectivity index (χ1n) is 7.18. The average Bonchev–Trinajstić information content (AvgIpc) is 2.90. The van der Waals surface area contributed by atoms with Crippen LogP contribution in [0.25, 0.3) is 5.57 Å². The lowest BCUT2D eigenvalue weighted by molar-refractivity contribution is -0.117. The maximum absolute atomic E-state index is 12.4. The Balaban J connectivity index is 1.92. The fourth-order valence-electron chi connectivity index (χ4n) is 2.47. The van der Waals surface area contributed by atoms with Gasteiger partial charge in [0.05, 0.1) is 5.57 Å². The van der Waals surface area contributed by atoms with Crippen molar-refractivity contribution >= 4 is 39.0 Å². The SMILES string of the molecule is N#C/C(C(=O)NCc1ccccc1)=C1/C(=O)Nc2ccc(Br)cc21. The Morgan fingerprint density at radius 2 is 1.96 bits per heavy atom. The molecule has 0 aromatic heterocycles. The molecule has 1 aliphatic heterocycles. The highest BCUT2D eigenvalue weighted by molar-refractivity contribution is 9.10. The first-order chi connectivity index (χ1) is 11.6. The third-order valence-electron chi connectivity index (χ3n) is 3.61. The molecule has 118 valence electrons. The second-order valence-corrected chi connectivity index (χ2v) is 6.09. The van der Waals surface area contributed by atoms with E-state index in [2.05, 4.69) is 26.6 Å². The van der Waals surface area contributed by atoms with Crippen LogP contribution in [0.1, 0.15) is 11.1 Å². The van der Waals surface area contributed by atoms with Gasteiger partial charge < -0.3 is 10.6 Å². The normalized spacial score (nSPS) is 14.4. The summed E-state index contributed by atoms with van der Waals surface area (Å²) in [5, 5.41) is 14.8. The van der Waals surface area contributed by atoms with Crippen LogP contribution in [0.3, 0.4) is 0 Å². The van der Waals surface area contributed by atoms with E-state index in [-0.39, 0.29) is 17.7 Å². The van der Waals surface area contributed by atoms with Gasteiger partial charge in [-0.05, 0) is 23.8 Å². The number of carbonyl (C=O) groups excluding carboxylic acids is 2. The van der Waals surface area contributed by atoms with Crippen molar-refractivity contribution in [3.63, 3.8) is 0 Å². The molecule has 2 aromatic rings. The highest BCUT2D eigenvalue weighted by Crippen LogP contribution is 2.35. The molecule has 2 N–H and O–H groups in total. The monoisotopic (exact) mass is 381 g/mol. The van der Waals surface area contributed by atoms with Crippen molar-refractivity contribution < 1.29 is 9.59 Å². The molecule has 0 atom stereocenters. The van der Waals surface area contributed by atoms with Crippen LogP contribution < -0.4 is 10.6 Å². The molecular weight excluding hydrogens is 370 g/mol. The van der Waals surface area contributed by atoms with E-state index in [1.165, 1.54) is 0 Å². The third kappa shape index (κ3) is 3.07. The number of amides is 2. The molecule has 0 spiro atoms. The van der Waals surface area contributed by atoms with Gasteiger partial charge in [0.15, 0.2) is 0 Å². The third-order valence-corrected chi connectivity index (χ3v) is 4.10. The molecule has 6 heteroatoms. The Hall–Kier alpha value is -2.91. The number of hydrogen-bond donors (Lipinski definition) is 2. The molecule has 0 bridgehead atoms. The van der Waals surface area contributed by atoms with Gasteiger partial charge in [-0.15, -0.1) is 0 Å². The zero-order valence-electron chi connectivity index (χ0n) is 12.5. The standard InChI is InChI=1S/C18H12BrN3O2/c19-12-6-7-15-13(8-12)16(18(24)22-15)14(9-20)17(23)21-10-11-4-2-1-3-5-11/h1-8H,10H2,(H,21,23)(H,22,24)/b16-14-. The number of carbonyl (C=O) groups is 2. The van der Waals surface area contributed by atoms with Crippen LogP contribution in [0.2, 0.25) is 0 Å². The van der Waals surface area contributed by atoms with Crippen LogP contribution in [0.4, 0.5) is 5.69 Å². The van der Waals surface area contributed by atoms with Crippen LogP contribution in [-0.4, -0.2) is 11.8 Å². The van der Waals surface area contributed by atoms with Gasteiger partial charge in [0.25, 0.3) is 11.8 Å². The molecule has 2 amide bonds. The van der Waals surface area contributed by atoms with Crippen molar-refractivity contribution in [2.24, 2.45) is 0 Å². The Morgan fingerprint density at radius 1 is 1.21 bits per heavy atom. The van der Waals surface area contributed by atoms with Crippen molar-refractivity contribution in [1.29, 1.82) is 5.26 Å². The zero-order chi connectivity index (χ0) is 17.1. The molecule has 0 fully saturated rings. The Morgan fingerprint density at radius 3 is 2.67 bits per heavy atom. The Kier molecular flexibility index (Phi) is 4.45. The van der Waals surface area contributed by atoms with Crippen molar-refractivity contribution in [2.75, 3.05) is 5.32 Å². The molecular formula is C18H12BrN3O2. The molecule has 1 aliphatic rings. The van der Waals surface area contributed by atoms with E-state index in [1.54, 1.807) is 18.2 Å². The number of benzene rings is 2. The van der Waals surface area contributed by atoms with Gasteiger partial charge in [-0.1, -0.05) is 46.3 Å². The van der Waals surface area contributed by atoms with Gasteiger partial charge in [-0.3, -0.25) is 9.59 Å². The van der Waals surface area contributed by atoms with Gasteiger partial charge in [0, 0.05) is 22.3 Å². The predicted molar refractivity (Wildman–Crippen MR) is 93.6 cm³/mol. The minimum Gasteiger partial charge on any atom is -0.347 e. The summed E-state index contributed by atoms with van der Waals surface area (Å²) < 4.78 is 0.761. The summed E-state index contributed by atoms with van der Waals surface area (Å²) in [6.07, 6.45) is 0. The van der Waals surface area contributed by atoms with Crippen molar-refractivity contribution in [3.05, 3.63) is 69.7 Å². The minimum atomic E-state index is -0.570. The second kappa shape index (κ2) is 6.69. The number of hydrogen-bond acceptors (Lipinski definition) is 3. The highest BCUT2D eigenvalue weighted by atomic mass is 79.9. The van der Waals surface area contributed by atoms with Crippen LogP contribution in [0.5, 0.6) is 0 Å². The second-order valence-electron chi connectivity index (χ2n) is 5.17. The summed E-state index contributed by atoms with van der Waals surface area (Å²) in [6.45, 7) is 0.283. The van der Waals surface area contributed by atoms with Gasteiger partial charge in [-0.25, -0.2) is 0 Å². The summed E-state index contributed by atoms with van der Waals surface area (Å²) in [4.78, 5) is 24.6. The predicted octanol–water partition coefficient (Wildman–Crippen LogP) is 2.99. The summed E-state index contributed by atoms with van der Waals surface area (Å²) in [7, 11) is 0. The van der Waals surface area contributed by atoms with E-state index >= 15 is 0 Å². The lowest BCUT2D eigenvalue weighted by Crippen LogP contribution is -2.25. The fourth-order valence-corrected chi connectivity index (χ4v) is 2.84. The maximum atomic E-state index is 12.4. The molecule has 0 saturated heterocycles. The fraction of sp³-hybridized carbons (Fsp3) is 0.0556. The topological polar surface area (TPSA) is 82.0 Å². The first-order valence-corrected chi connectivity index (χ1v) is 7.97. The molecule has 24 heavy (non-hydrogen) atoms. The van der Waals surface area contributed by atoms with E-state index in [0.29, 0.717) is 11.3 Å².